The fourth-order valence-electron chi connectivity index (χ4n) is 2.48. The summed E-state index contributed by atoms with van der Waals surface area (Å²) in [5.41, 5.74) is -0.309. The highest BCUT2D eigenvalue weighted by atomic mass is 35.5. The lowest BCUT2D eigenvalue weighted by Crippen LogP contribution is -2.33. The largest absolute Gasteiger partial charge is 0.452 e. The van der Waals surface area contributed by atoms with Crippen molar-refractivity contribution in [1.82, 2.24) is 0 Å². The molecule has 2 atom stereocenters. The number of rotatable bonds is 4. The summed E-state index contributed by atoms with van der Waals surface area (Å²) in [7, 11) is 0. The highest BCUT2D eigenvalue weighted by Gasteiger charge is 2.69. The van der Waals surface area contributed by atoms with Crippen LogP contribution in [0.2, 0.25) is 0 Å². The standard InChI is InChI=1S/C18H17Cl2NO3/c1-11(24-16(23)17(2)10-18(17,19)20)15(22)21-14-8-7-12-5-3-4-6-13(12)9-14/h3-9,11H,10H2,1-2H3,(H,21,22)/t11-,17-/m1/s1. The number of hydrogen-bond acceptors (Lipinski definition) is 3. The Morgan fingerprint density at radius 2 is 1.79 bits per heavy atom. The van der Waals surface area contributed by atoms with Crippen LogP contribution in [0.25, 0.3) is 10.8 Å². The number of carbonyl (C=O) groups is 2. The zero-order chi connectivity index (χ0) is 17.5. The molecule has 1 saturated carbocycles. The van der Waals surface area contributed by atoms with E-state index in [0.717, 1.165) is 10.8 Å². The number of ether oxygens (including phenoxy) is 1. The molecule has 1 aliphatic carbocycles. The van der Waals surface area contributed by atoms with Gasteiger partial charge in [0.1, 0.15) is 9.75 Å². The Balaban J connectivity index is 1.64. The molecule has 0 heterocycles. The van der Waals surface area contributed by atoms with E-state index < -0.39 is 27.7 Å². The first-order valence-electron chi connectivity index (χ1n) is 7.61. The zero-order valence-electron chi connectivity index (χ0n) is 13.3. The van der Waals surface area contributed by atoms with Crippen molar-refractivity contribution < 1.29 is 14.3 Å². The number of carbonyl (C=O) groups excluding carboxylic acids is 2. The molecule has 24 heavy (non-hydrogen) atoms. The SMILES string of the molecule is C[C@@H](OC(=O)[C@@]1(C)CC1(Cl)Cl)C(=O)Nc1ccc2ccccc2c1. The van der Waals surface area contributed by atoms with Gasteiger partial charge in [0.05, 0.1) is 0 Å². The summed E-state index contributed by atoms with van der Waals surface area (Å²) in [5.74, 6) is -0.966. The van der Waals surface area contributed by atoms with Crippen molar-refractivity contribution >= 4 is 51.5 Å². The maximum Gasteiger partial charge on any atom is 0.315 e. The van der Waals surface area contributed by atoms with Crippen LogP contribution >= 0.6 is 23.2 Å². The Hall–Kier alpha value is -1.78. The molecule has 0 unspecified atom stereocenters. The van der Waals surface area contributed by atoms with Crippen molar-refractivity contribution in [3.05, 3.63) is 42.5 Å². The van der Waals surface area contributed by atoms with Gasteiger partial charge in [0.15, 0.2) is 6.10 Å². The summed E-state index contributed by atoms with van der Waals surface area (Å²) >= 11 is 11.9. The van der Waals surface area contributed by atoms with Gasteiger partial charge in [-0.05, 0) is 36.8 Å². The van der Waals surface area contributed by atoms with E-state index >= 15 is 0 Å². The summed E-state index contributed by atoms with van der Waals surface area (Å²) in [6, 6.07) is 13.4. The Labute approximate surface area is 150 Å². The molecular weight excluding hydrogens is 349 g/mol. The van der Waals surface area contributed by atoms with E-state index in [1.54, 1.807) is 13.0 Å². The molecule has 0 saturated heterocycles. The van der Waals surface area contributed by atoms with Gasteiger partial charge in [-0.15, -0.1) is 23.2 Å². The van der Waals surface area contributed by atoms with E-state index in [1.807, 2.05) is 36.4 Å². The van der Waals surface area contributed by atoms with E-state index in [9.17, 15) is 9.59 Å². The molecule has 0 spiro atoms. The van der Waals surface area contributed by atoms with E-state index in [0.29, 0.717) is 12.1 Å². The van der Waals surface area contributed by atoms with Crippen LogP contribution in [0.3, 0.4) is 0 Å². The summed E-state index contributed by atoms with van der Waals surface area (Å²) in [6.07, 6.45) is -0.619. The number of anilines is 1. The third-order valence-corrected chi connectivity index (χ3v) is 5.48. The molecule has 3 rings (SSSR count). The van der Waals surface area contributed by atoms with Crippen molar-refractivity contribution in [3.8, 4) is 0 Å². The van der Waals surface area contributed by atoms with Gasteiger partial charge in [0.2, 0.25) is 0 Å². The molecule has 0 aromatic heterocycles. The van der Waals surface area contributed by atoms with Gasteiger partial charge in [-0.25, -0.2) is 0 Å². The number of hydrogen-bond donors (Lipinski definition) is 1. The highest BCUT2D eigenvalue weighted by Crippen LogP contribution is 2.64. The van der Waals surface area contributed by atoms with Crippen molar-refractivity contribution in [1.29, 1.82) is 0 Å². The molecule has 2 aromatic rings. The average Bonchev–Trinajstić information content (AvgIpc) is 3.06. The Morgan fingerprint density at radius 1 is 1.17 bits per heavy atom. The molecule has 1 amide bonds. The second-order valence-corrected chi connectivity index (χ2v) is 7.80. The molecular formula is C18H17Cl2NO3. The van der Waals surface area contributed by atoms with Crippen molar-refractivity contribution in [3.63, 3.8) is 0 Å². The van der Waals surface area contributed by atoms with Gasteiger partial charge < -0.3 is 10.1 Å². The summed E-state index contributed by atoms with van der Waals surface area (Å²) in [4.78, 5) is 24.4. The van der Waals surface area contributed by atoms with Crippen LogP contribution in [0, 0.1) is 5.41 Å². The molecule has 6 heteroatoms. The van der Waals surface area contributed by atoms with Crippen molar-refractivity contribution in [2.24, 2.45) is 5.41 Å². The number of alkyl halides is 2. The molecule has 1 aliphatic rings. The maximum atomic E-state index is 12.2. The Bertz CT molecular complexity index is 821. The van der Waals surface area contributed by atoms with Crippen molar-refractivity contribution in [2.45, 2.75) is 30.7 Å². The summed E-state index contributed by atoms with van der Waals surface area (Å²) in [5, 5.41) is 4.84. The van der Waals surface area contributed by atoms with Gasteiger partial charge in [-0.3, -0.25) is 9.59 Å². The number of halogens is 2. The first kappa shape index (κ1) is 17.1. The van der Waals surface area contributed by atoms with Crippen LogP contribution in [0.5, 0.6) is 0 Å². The minimum atomic E-state index is -1.11. The molecule has 0 radical (unpaired) electrons. The highest BCUT2D eigenvalue weighted by molar-refractivity contribution is 6.53. The van der Waals surface area contributed by atoms with Crippen LogP contribution in [0.4, 0.5) is 5.69 Å². The van der Waals surface area contributed by atoms with Crippen LogP contribution in [-0.2, 0) is 14.3 Å². The molecule has 126 valence electrons. The van der Waals surface area contributed by atoms with Gasteiger partial charge in [0.25, 0.3) is 5.91 Å². The second kappa shape index (κ2) is 5.94. The lowest BCUT2D eigenvalue weighted by molar-refractivity contribution is -0.158. The van der Waals surface area contributed by atoms with Gasteiger partial charge in [0, 0.05) is 12.1 Å². The zero-order valence-corrected chi connectivity index (χ0v) is 14.8. The number of benzene rings is 2. The van der Waals surface area contributed by atoms with Gasteiger partial charge in [-0.2, -0.15) is 0 Å². The Morgan fingerprint density at radius 3 is 2.42 bits per heavy atom. The third-order valence-electron chi connectivity index (χ3n) is 4.38. The summed E-state index contributed by atoms with van der Waals surface area (Å²) in [6.45, 7) is 3.15. The van der Waals surface area contributed by atoms with Crippen LogP contribution in [0.15, 0.2) is 42.5 Å². The average molecular weight is 366 g/mol. The Kier molecular flexibility index (Phi) is 4.22. The lowest BCUT2D eigenvalue weighted by atomic mass is 10.1. The third kappa shape index (κ3) is 3.08. The smallest absolute Gasteiger partial charge is 0.315 e. The number of fused-ring (bicyclic) bond motifs is 1. The predicted molar refractivity (Wildman–Crippen MR) is 95.3 cm³/mol. The van der Waals surface area contributed by atoms with Crippen LogP contribution < -0.4 is 5.32 Å². The maximum absolute atomic E-state index is 12.2. The first-order valence-corrected chi connectivity index (χ1v) is 8.37. The normalized spacial score (nSPS) is 22.7. The van der Waals surface area contributed by atoms with E-state index in [1.165, 1.54) is 6.92 Å². The number of nitrogens with one attached hydrogen (secondary N) is 1. The van der Waals surface area contributed by atoms with Crippen LogP contribution in [0.1, 0.15) is 20.3 Å². The van der Waals surface area contributed by atoms with E-state index in [2.05, 4.69) is 5.32 Å². The second-order valence-electron chi connectivity index (χ2n) is 6.31. The number of amides is 1. The predicted octanol–water partition coefficient (Wildman–Crippen LogP) is 4.29. The fraction of sp³-hybridized carbons (Fsp3) is 0.333. The summed E-state index contributed by atoms with van der Waals surface area (Å²) < 4.78 is 4.10. The monoisotopic (exact) mass is 365 g/mol. The lowest BCUT2D eigenvalue weighted by Gasteiger charge is -2.17. The first-order chi connectivity index (χ1) is 11.2. The topological polar surface area (TPSA) is 55.4 Å². The molecule has 0 aliphatic heterocycles. The minimum Gasteiger partial charge on any atom is -0.452 e. The van der Waals surface area contributed by atoms with E-state index in [4.69, 9.17) is 27.9 Å². The molecule has 4 nitrogen and oxygen atoms in total. The number of esters is 1. The fourth-order valence-corrected chi connectivity index (χ4v) is 3.17. The minimum absolute atomic E-state index is 0.320. The van der Waals surface area contributed by atoms with Gasteiger partial charge >= 0.3 is 5.97 Å². The van der Waals surface area contributed by atoms with E-state index in [-0.39, 0.29) is 0 Å². The van der Waals surface area contributed by atoms with Crippen LogP contribution in [-0.4, -0.2) is 22.3 Å². The van der Waals surface area contributed by atoms with Gasteiger partial charge in [-0.1, -0.05) is 30.3 Å². The molecule has 1 fully saturated rings. The van der Waals surface area contributed by atoms with Crippen molar-refractivity contribution in [2.75, 3.05) is 5.32 Å². The molecule has 1 N–H and O–H groups in total. The quantitative estimate of drug-likeness (QED) is 0.649. The molecule has 0 bridgehead atoms. The molecule has 2 aromatic carbocycles.